The van der Waals surface area contributed by atoms with Gasteiger partial charge in [-0.25, -0.2) is 8.42 Å². The summed E-state index contributed by atoms with van der Waals surface area (Å²) in [6, 6.07) is 8.86. The first-order valence-corrected chi connectivity index (χ1v) is 8.66. The molecule has 1 aliphatic rings. The number of hydrogen-bond donors (Lipinski definition) is 0. The van der Waals surface area contributed by atoms with Crippen molar-refractivity contribution in [1.29, 1.82) is 0 Å². The Kier molecular flexibility index (Phi) is 3.70. The summed E-state index contributed by atoms with van der Waals surface area (Å²) >= 11 is 0. The van der Waals surface area contributed by atoms with E-state index in [2.05, 4.69) is 6.58 Å². The molecule has 0 amide bonds. The zero-order valence-electron chi connectivity index (χ0n) is 12.8. The Morgan fingerprint density at radius 1 is 1.18 bits per heavy atom. The average Bonchev–Trinajstić information content (AvgIpc) is 2.77. The summed E-state index contributed by atoms with van der Waals surface area (Å²) in [5.41, 5.74) is 2.76. The third-order valence-corrected chi connectivity index (χ3v) is 5.79. The molecule has 0 fully saturated rings. The highest BCUT2D eigenvalue weighted by atomic mass is 32.2. The highest BCUT2D eigenvalue weighted by Gasteiger charge is 2.29. The van der Waals surface area contributed by atoms with E-state index in [-0.39, 0.29) is 0 Å². The zero-order valence-corrected chi connectivity index (χ0v) is 13.6. The molecular formula is C17H19NO3S. The van der Waals surface area contributed by atoms with Crippen molar-refractivity contribution in [2.75, 3.05) is 13.1 Å². The molecule has 0 saturated carbocycles. The Balaban J connectivity index is 1.92. The molecule has 0 spiro atoms. The predicted octanol–water partition coefficient (Wildman–Crippen LogP) is 3.16. The van der Waals surface area contributed by atoms with Crippen LogP contribution in [0.4, 0.5) is 0 Å². The SMILES string of the molecule is C=C1CN(S(=O)(=O)c2ccc(C)cc2)CCc2oc(C)cc21. The first-order valence-electron chi connectivity index (χ1n) is 7.22. The van der Waals surface area contributed by atoms with E-state index in [4.69, 9.17) is 4.42 Å². The minimum Gasteiger partial charge on any atom is -0.466 e. The summed E-state index contributed by atoms with van der Waals surface area (Å²) in [5, 5.41) is 0. The van der Waals surface area contributed by atoms with Crippen molar-refractivity contribution < 1.29 is 12.8 Å². The highest BCUT2D eigenvalue weighted by Crippen LogP contribution is 2.29. The van der Waals surface area contributed by atoms with E-state index >= 15 is 0 Å². The van der Waals surface area contributed by atoms with Gasteiger partial charge in [-0.05, 0) is 37.6 Å². The molecule has 3 rings (SSSR count). The Bertz CT molecular complexity index is 816. The molecule has 2 heterocycles. The van der Waals surface area contributed by atoms with E-state index in [9.17, 15) is 8.42 Å². The van der Waals surface area contributed by atoms with Crippen molar-refractivity contribution in [3.8, 4) is 0 Å². The minimum atomic E-state index is -3.51. The van der Waals surface area contributed by atoms with Crippen molar-refractivity contribution in [3.05, 3.63) is 59.6 Å². The van der Waals surface area contributed by atoms with E-state index in [1.165, 1.54) is 4.31 Å². The van der Waals surface area contributed by atoms with E-state index in [1.807, 2.05) is 32.0 Å². The minimum absolute atomic E-state index is 0.294. The van der Waals surface area contributed by atoms with Crippen LogP contribution in [-0.2, 0) is 16.4 Å². The van der Waals surface area contributed by atoms with Gasteiger partial charge in [-0.1, -0.05) is 24.3 Å². The lowest BCUT2D eigenvalue weighted by Gasteiger charge is -2.20. The van der Waals surface area contributed by atoms with Crippen LogP contribution in [-0.4, -0.2) is 25.8 Å². The molecule has 0 aliphatic carbocycles. The zero-order chi connectivity index (χ0) is 15.9. The molecule has 22 heavy (non-hydrogen) atoms. The summed E-state index contributed by atoms with van der Waals surface area (Å²) in [7, 11) is -3.51. The molecule has 0 atom stereocenters. The second-order valence-electron chi connectivity index (χ2n) is 5.70. The summed E-state index contributed by atoms with van der Waals surface area (Å²) in [6.45, 7) is 8.55. The number of rotatable bonds is 2. The van der Waals surface area contributed by atoms with Crippen LogP contribution < -0.4 is 0 Å². The molecular weight excluding hydrogens is 298 g/mol. The monoisotopic (exact) mass is 317 g/mol. The molecule has 116 valence electrons. The lowest BCUT2D eigenvalue weighted by Crippen LogP contribution is -2.33. The van der Waals surface area contributed by atoms with Gasteiger partial charge < -0.3 is 4.42 Å². The fourth-order valence-electron chi connectivity index (χ4n) is 2.72. The molecule has 1 aromatic carbocycles. The number of furan rings is 1. The van der Waals surface area contributed by atoms with Crippen molar-refractivity contribution in [1.82, 2.24) is 4.31 Å². The van der Waals surface area contributed by atoms with Crippen molar-refractivity contribution in [3.63, 3.8) is 0 Å². The van der Waals surface area contributed by atoms with Crippen molar-refractivity contribution >= 4 is 15.6 Å². The molecule has 4 nitrogen and oxygen atoms in total. The largest absolute Gasteiger partial charge is 0.466 e. The number of sulfonamides is 1. The molecule has 0 unspecified atom stereocenters. The highest BCUT2D eigenvalue weighted by molar-refractivity contribution is 7.89. The Labute approximate surface area is 131 Å². The molecule has 0 saturated heterocycles. The predicted molar refractivity (Wildman–Crippen MR) is 86.1 cm³/mol. The van der Waals surface area contributed by atoms with Crippen LogP contribution in [0.15, 0.2) is 46.2 Å². The van der Waals surface area contributed by atoms with E-state index in [1.54, 1.807) is 12.1 Å². The van der Waals surface area contributed by atoms with Crippen LogP contribution in [0.25, 0.3) is 5.57 Å². The average molecular weight is 317 g/mol. The van der Waals surface area contributed by atoms with Gasteiger partial charge >= 0.3 is 0 Å². The van der Waals surface area contributed by atoms with Gasteiger partial charge in [0.1, 0.15) is 11.5 Å². The van der Waals surface area contributed by atoms with Gasteiger partial charge in [0, 0.05) is 25.1 Å². The van der Waals surface area contributed by atoms with Gasteiger partial charge in [0.15, 0.2) is 0 Å². The maximum Gasteiger partial charge on any atom is 0.243 e. The standard InChI is InChI=1S/C17H19NO3S/c1-12-4-6-15(7-5-12)22(19,20)18-9-8-17-16(13(2)11-18)10-14(3)21-17/h4-7,10H,2,8-9,11H2,1,3H3. The number of aryl methyl sites for hydroxylation is 2. The maximum atomic E-state index is 12.8. The molecule has 0 radical (unpaired) electrons. The second-order valence-corrected chi connectivity index (χ2v) is 7.64. The quantitative estimate of drug-likeness (QED) is 0.855. The van der Waals surface area contributed by atoms with Gasteiger partial charge in [-0.2, -0.15) is 4.31 Å². The lowest BCUT2D eigenvalue weighted by molar-refractivity contribution is 0.425. The molecule has 0 bridgehead atoms. The lowest BCUT2D eigenvalue weighted by atomic mass is 10.1. The van der Waals surface area contributed by atoms with Crippen LogP contribution in [0.5, 0.6) is 0 Å². The first-order chi connectivity index (χ1) is 10.4. The van der Waals surface area contributed by atoms with Crippen molar-refractivity contribution in [2.24, 2.45) is 0 Å². The van der Waals surface area contributed by atoms with E-state index in [0.717, 1.165) is 28.2 Å². The van der Waals surface area contributed by atoms with Gasteiger partial charge in [-0.3, -0.25) is 0 Å². The van der Waals surface area contributed by atoms with Crippen LogP contribution in [0.2, 0.25) is 0 Å². The van der Waals surface area contributed by atoms with E-state index < -0.39 is 10.0 Å². The molecule has 1 aromatic heterocycles. The fraction of sp³-hybridized carbons (Fsp3) is 0.294. The number of benzene rings is 1. The molecule has 2 aromatic rings. The number of fused-ring (bicyclic) bond motifs is 1. The topological polar surface area (TPSA) is 50.5 Å². The van der Waals surface area contributed by atoms with Crippen LogP contribution >= 0.6 is 0 Å². The van der Waals surface area contributed by atoms with Crippen molar-refractivity contribution in [2.45, 2.75) is 25.2 Å². The van der Waals surface area contributed by atoms with Crippen LogP contribution in [0.3, 0.4) is 0 Å². The summed E-state index contributed by atoms with van der Waals surface area (Å²) in [4.78, 5) is 0.320. The molecule has 0 N–H and O–H groups in total. The number of nitrogens with zero attached hydrogens (tertiary/aromatic N) is 1. The van der Waals surface area contributed by atoms with Gasteiger partial charge in [-0.15, -0.1) is 0 Å². The maximum absolute atomic E-state index is 12.8. The van der Waals surface area contributed by atoms with E-state index in [0.29, 0.717) is 24.4 Å². The summed E-state index contributed by atoms with van der Waals surface area (Å²) in [6.07, 6.45) is 0.563. The smallest absolute Gasteiger partial charge is 0.243 e. The van der Waals surface area contributed by atoms with Crippen LogP contribution in [0.1, 0.15) is 22.6 Å². The normalized spacial score (nSPS) is 16.4. The van der Waals surface area contributed by atoms with Gasteiger partial charge in [0.25, 0.3) is 0 Å². The van der Waals surface area contributed by atoms with Gasteiger partial charge in [0.2, 0.25) is 10.0 Å². The Morgan fingerprint density at radius 3 is 2.55 bits per heavy atom. The fourth-order valence-corrected chi connectivity index (χ4v) is 4.15. The molecule has 5 heteroatoms. The Morgan fingerprint density at radius 2 is 1.86 bits per heavy atom. The van der Waals surface area contributed by atoms with Crippen LogP contribution in [0, 0.1) is 13.8 Å². The first kappa shape index (κ1) is 15.1. The second kappa shape index (κ2) is 5.41. The summed E-state index contributed by atoms with van der Waals surface area (Å²) < 4.78 is 32.7. The number of hydrogen-bond acceptors (Lipinski definition) is 3. The summed E-state index contributed by atoms with van der Waals surface area (Å²) in [5.74, 6) is 1.66. The third-order valence-electron chi connectivity index (χ3n) is 3.93. The Hall–Kier alpha value is -1.85. The van der Waals surface area contributed by atoms with Gasteiger partial charge in [0.05, 0.1) is 4.90 Å². The third kappa shape index (κ3) is 2.62. The molecule has 1 aliphatic heterocycles.